The molecule has 0 saturated carbocycles. The third kappa shape index (κ3) is 3.30. The smallest absolute Gasteiger partial charge is 0.277 e. The molecule has 0 radical (unpaired) electrons. The van der Waals surface area contributed by atoms with E-state index in [4.69, 9.17) is 5.11 Å². The van der Waals surface area contributed by atoms with Crippen molar-refractivity contribution in [1.82, 2.24) is 19.9 Å². The summed E-state index contributed by atoms with van der Waals surface area (Å²) >= 11 is 0. The van der Waals surface area contributed by atoms with Crippen LogP contribution in [0.1, 0.15) is 5.56 Å². The van der Waals surface area contributed by atoms with Gasteiger partial charge in [-0.05, 0) is 29.8 Å². The fourth-order valence-corrected chi connectivity index (χ4v) is 2.97. The van der Waals surface area contributed by atoms with Crippen molar-refractivity contribution in [3.8, 4) is 0 Å². The lowest BCUT2D eigenvalue weighted by molar-refractivity contribution is -0.137. The van der Waals surface area contributed by atoms with Crippen LogP contribution in [-0.2, 0) is 16.1 Å². The molecule has 27 heavy (non-hydrogen) atoms. The molecule has 0 unspecified atom stereocenters. The summed E-state index contributed by atoms with van der Waals surface area (Å²) in [6.07, 6.45) is 1.24. The average molecular weight is 363 g/mol. The van der Waals surface area contributed by atoms with Crippen LogP contribution in [-0.4, -0.2) is 50.0 Å². The third-order valence-corrected chi connectivity index (χ3v) is 4.32. The summed E-state index contributed by atoms with van der Waals surface area (Å²) in [5.41, 5.74) is 3.73. The van der Waals surface area contributed by atoms with E-state index in [1.165, 1.54) is 6.08 Å². The van der Waals surface area contributed by atoms with E-state index in [0.717, 1.165) is 21.5 Å². The normalized spacial score (nSPS) is 14.1. The van der Waals surface area contributed by atoms with E-state index in [1.54, 1.807) is 0 Å². The SMILES string of the molecule is O=C1C=C(Nc2ccc(Cn3nnc4ccccc43)cc2)C(=O)N1CCO. The van der Waals surface area contributed by atoms with Crippen LogP contribution in [0.2, 0.25) is 0 Å². The fraction of sp³-hybridized carbons (Fsp3) is 0.158. The number of anilines is 1. The molecule has 1 aromatic heterocycles. The first kappa shape index (κ1) is 16.9. The van der Waals surface area contributed by atoms with Crippen molar-refractivity contribution in [2.24, 2.45) is 0 Å². The molecule has 0 bridgehead atoms. The Bertz CT molecular complexity index is 1040. The number of hydrogen-bond acceptors (Lipinski definition) is 6. The van der Waals surface area contributed by atoms with Crippen molar-refractivity contribution in [2.45, 2.75) is 6.54 Å². The number of carbonyl (C=O) groups is 2. The van der Waals surface area contributed by atoms with Crippen LogP contribution in [0.25, 0.3) is 11.0 Å². The van der Waals surface area contributed by atoms with Crippen LogP contribution >= 0.6 is 0 Å². The molecular weight excluding hydrogens is 346 g/mol. The minimum atomic E-state index is -0.438. The maximum Gasteiger partial charge on any atom is 0.277 e. The minimum Gasteiger partial charge on any atom is -0.395 e. The Morgan fingerprint density at radius 3 is 2.59 bits per heavy atom. The number of amides is 2. The van der Waals surface area contributed by atoms with Crippen molar-refractivity contribution in [3.63, 3.8) is 0 Å². The lowest BCUT2D eigenvalue weighted by atomic mass is 10.2. The molecular formula is C19H17N5O3. The monoisotopic (exact) mass is 363 g/mol. The third-order valence-electron chi connectivity index (χ3n) is 4.32. The Morgan fingerprint density at radius 1 is 1.04 bits per heavy atom. The zero-order valence-corrected chi connectivity index (χ0v) is 14.4. The van der Waals surface area contributed by atoms with Crippen LogP contribution in [0.5, 0.6) is 0 Å². The second-order valence-electron chi connectivity index (χ2n) is 6.13. The highest BCUT2D eigenvalue weighted by Gasteiger charge is 2.30. The number of rotatable bonds is 6. The number of aliphatic hydroxyl groups excluding tert-OH is 1. The molecule has 0 aliphatic carbocycles. The Kier molecular flexibility index (Phi) is 4.39. The Hall–Kier alpha value is -3.52. The number of nitrogens with one attached hydrogen (secondary N) is 1. The number of para-hydroxylation sites is 1. The molecule has 1 aliphatic rings. The molecule has 2 amide bonds. The lowest BCUT2D eigenvalue weighted by Gasteiger charge is -2.13. The zero-order valence-electron chi connectivity index (χ0n) is 14.4. The first-order valence-electron chi connectivity index (χ1n) is 8.48. The van der Waals surface area contributed by atoms with Gasteiger partial charge in [-0.15, -0.1) is 5.10 Å². The number of nitrogens with zero attached hydrogens (tertiary/aromatic N) is 4. The topological polar surface area (TPSA) is 100 Å². The van der Waals surface area contributed by atoms with Gasteiger partial charge in [0.2, 0.25) is 0 Å². The number of β-amino-alcohol motifs (C(OH)–C–C–N with tert-alkyl or cyclic N) is 1. The predicted octanol–water partition coefficient (Wildman–Crippen LogP) is 1.14. The largest absolute Gasteiger partial charge is 0.395 e. The van der Waals surface area contributed by atoms with Crippen LogP contribution in [0, 0.1) is 0 Å². The quantitative estimate of drug-likeness (QED) is 0.637. The van der Waals surface area contributed by atoms with E-state index in [2.05, 4.69) is 15.6 Å². The number of imide groups is 1. The van der Waals surface area contributed by atoms with Crippen molar-refractivity contribution in [2.75, 3.05) is 18.5 Å². The van der Waals surface area contributed by atoms with E-state index in [0.29, 0.717) is 12.2 Å². The highest BCUT2D eigenvalue weighted by Crippen LogP contribution is 2.18. The van der Waals surface area contributed by atoms with Gasteiger partial charge in [-0.25, -0.2) is 4.68 Å². The molecule has 0 saturated heterocycles. The number of aliphatic hydroxyl groups is 1. The predicted molar refractivity (Wildman–Crippen MR) is 98.6 cm³/mol. The van der Waals surface area contributed by atoms with Gasteiger partial charge in [-0.2, -0.15) is 0 Å². The van der Waals surface area contributed by atoms with Gasteiger partial charge in [-0.3, -0.25) is 14.5 Å². The highest BCUT2D eigenvalue weighted by atomic mass is 16.3. The van der Waals surface area contributed by atoms with Crippen molar-refractivity contribution < 1.29 is 14.7 Å². The van der Waals surface area contributed by atoms with Crippen molar-refractivity contribution in [1.29, 1.82) is 0 Å². The maximum absolute atomic E-state index is 12.2. The highest BCUT2D eigenvalue weighted by molar-refractivity contribution is 6.17. The Morgan fingerprint density at radius 2 is 1.81 bits per heavy atom. The van der Waals surface area contributed by atoms with Crippen molar-refractivity contribution in [3.05, 3.63) is 65.9 Å². The van der Waals surface area contributed by atoms with Crippen LogP contribution in [0.4, 0.5) is 5.69 Å². The van der Waals surface area contributed by atoms with E-state index in [-0.39, 0.29) is 18.8 Å². The zero-order chi connectivity index (χ0) is 18.8. The molecule has 3 aromatic rings. The van der Waals surface area contributed by atoms with Gasteiger partial charge >= 0.3 is 0 Å². The summed E-state index contributed by atoms with van der Waals surface area (Å²) in [6, 6.07) is 15.3. The first-order valence-corrected chi connectivity index (χ1v) is 8.48. The molecule has 8 heteroatoms. The molecule has 0 spiro atoms. The van der Waals surface area contributed by atoms with Gasteiger partial charge < -0.3 is 10.4 Å². The maximum atomic E-state index is 12.2. The standard InChI is InChI=1S/C19H17N5O3/c25-10-9-23-18(26)11-16(19(23)27)20-14-7-5-13(6-8-14)12-24-17-4-2-1-3-15(17)21-22-24/h1-8,11,20,25H,9-10,12H2. The van der Waals surface area contributed by atoms with Gasteiger partial charge in [0.05, 0.1) is 25.2 Å². The fourth-order valence-electron chi connectivity index (χ4n) is 2.97. The molecule has 2 aromatic carbocycles. The lowest BCUT2D eigenvalue weighted by Crippen LogP contribution is -2.34. The summed E-state index contributed by atoms with van der Waals surface area (Å²) in [7, 11) is 0. The number of aromatic nitrogens is 3. The van der Waals surface area contributed by atoms with Gasteiger partial charge in [0.25, 0.3) is 11.8 Å². The Balaban J connectivity index is 1.46. The first-order chi connectivity index (χ1) is 13.2. The van der Waals surface area contributed by atoms with E-state index >= 15 is 0 Å². The van der Waals surface area contributed by atoms with Crippen molar-refractivity contribution >= 4 is 28.5 Å². The van der Waals surface area contributed by atoms with Crippen LogP contribution in [0.15, 0.2) is 60.3 Å². The second kappa shape index (κ2) is 7.00. The number of fused-ring (bicyclic) bond motifs is 1. The van der Waals surface area contributed by atoms with Crippen LogP contribution < -0.4 is 5.32 Å². The summed E-state index contributed by atoms with van der Waals surface area (Å²) in [5, 5.41) is 20.2. The molecule has 1 aliphatic heterocycles. The van der Waals surface area contributed by atoms with Gasteiger partial charge in [-0.1, -0.05) is 29.5 Å². The summed E-state index contributed by atoms with van der Waals surface area (Å²) in [6.45, 7) is 0.305. The molecule has 0 fully saturated rings. The number of benzene rings is 2. The van der Waals surface area contributed by atoms with E-state index in [9.17, 15) is 9.59 Å². The summed E-state index contributed by atoms with van der Waals surface area (Å²) in [5.74, 6) is -0.863. The van der Waals surface area contributed by atoms with Gasteiger partial charge in [0, 0.05) is 11.8 Å². The molecule has 4 rings (SSSR count). The number of hydrogen-bond donors (Lipinski definition) is 2. The van der Waals surface area contributed by atoms with Crippen LogP contribution in [0.3, 0.4) is 0 Å². The molecule has 2 N–H and O–H groups in total. The summed E-state index contributed by atoms with van der Waals surface area (Å²) in [4.78, 5) is 24.9. The number of carbonyl (C=O) groups excluding carboxylic acids is 2. The average Bonchev–Trinajstić information content (AvgIpc) is 3.20. The minimum absolute atomic E-state index is 0.00978. The van der Waals surface area contributed by atoms with E-state index < -0.39 is 11.8 Å². The second-order valence-corrected chi connectivity index (χ2v) is 6.13. The van der Waals surface area contributed by atoms with Gasteiger partial charge in [0.1, 0.15) is 11.2 Å². The Labute approximate surface area is 154 Å². The molecule has 0 atom stereocenters. The molecule has 2 heterocycles. The van der Waals surface area contributed by atoms with E-state index in [1.807, 2.05) is 53.2 Å². The molecule has 8 nitrogen and oxygen atoms in total. The summed E-state index contributed by atoms with van der Waals surface area (Å²) < 4.78 is 1.83. The van der Waals surface area contributed by atoms with Gasteiger partial charge in [0.15, 0.2) is 0 Å². The molecule has 136 valence electrons.